The zero-order valence-electron chi connectivity index (χ0n) is 7.15. The average molecular weight is 211 g/mol. The Bertz CT molecular complexity index is 405. The van der Waals surface area contributed by atoms with Crippen molar-refractivity contribution in [3.05, 3.63) is 28.1 Å². The summed E-state index contributed by atoms with van der Waals surface area (Å²) >= 11 is 3.28. The normalized spacial score (nSPS) is 10.6. The summed E-state index contributed by atoms with van der Waals surface area (Å²) in [5.41, 5.74) is 0. The lowest BCUT2D eigenvalue weighted by atomic mass is 10.4. The Labute approximate surface area is 84.5 Å². The molecule has 0 aromatic carbocycles. The zero-order chi connectivity index (χ0) is 9.26. The first-order valence-corrected chi connectivity index (χ1v) is 5.55. The van der Waals surface area contributed by atoms with Crippen molar-refractivity contribution in [3.63, 3.8) is 0 Å². The summed E-state index contributed by atoms with van der Waals surface area (Å²) in [5, 5.41) is 9.88. The predicted molar refractivity (Wildman–Crippen MR) is 56.1 cm³/mol. The predicted octanol–water partition coefficient (Wildman–Crippen LogP) is 2.67. The second-order valence-electron chi connectivity index (χ2n) is 2.70. The van der Waals surface area contributed by atoms with Crippen molar-refractivity contribution in [2.45, 2.75) is 13.5 Å². The van der Waals surface area contributed by atoms with Gasteiger partial charge in [-0.1, -0.05) is 0 Å². The summed E-state index contributed by atoms with van der Waals surface area (Å²) in [6, 6.07) is 4.15. The van der Waals surface area contributed by atoms with Gasteiger partial charge in [0.1, 0.15) is 5.01 Å². The molecule has 2 heterocycles. The van der Waals surface area contributed by atoms with Crippen molar-refractivity contribution < 1.29 is 5.11 Å². The van der Waals surface area contributed by atoms with Crippen LogP contribution < -0.4 is 0 Å². The van der Waals surface area contributed by atoms with Crippen LogP contribution in [0.3, 0.4) is 0 Å². The van der Waals surface area contributed by atoms with E-state index in [0.717, 1.165) is 9.88 Å². The van der Waals surface area contributed by atoms with Crippen molar-refractivity contribution >= 4 is 22.7 Å². The average Bonchev–Trinajstić information content (AvgIpc) is 2.71. The van der Waals surface area contributed by atoms with Gasteiger partial charge in [0.15, 0.2) is 0 Å². The second kappa shape index (κ2) is 3.57. The van der Waals surface area contributed by atoms with Crippen LogP contribution in [0.15, 0.2) is 18.3 Å². The van der Waals surface area contributed by atoms with Gasteiger partial charge in [0.05, 0.1) is 16.4 Å². The summed E-state index contributed by atoms with van der Waals surface area (Å²) in [4.78, 5) is 7.63. The lowest BCUT2D eigenvalue weighted by Gasteiger charge is -1.86. The first-order chi connectivity index (χ1) is 6.29. The number of rotatable bonds is 2. The molecule has 0 radical (unpaired) electrons. The number of aromatic nitrogens is 1. The largest absolute Gasteiger partial charge is 0.391 e. The molecule has 0 saturated heterocycles. The van der Waals surface area contributed by atoms with Crippen LogP contribution >= 0.6 is 22.7 Å². The maximum Gasteiger partial charge on any atom is 0.133 e. The number of thiophene rings is 1. The van der Waals surface area contributed by atoms with Crippen molar-refractivity contribution in [1.82, 2.24) is 4.98 Å². The number of aryl methyl sites for hydroxylation is 1. The Morgan fingerprint density at radius 2 is 2.23 bits per heavy atom. The molecule has 0 bridgehead atoms. The standard InChI is InChI=1S/C9H9NOS2/c1-6-2-3-8(12-6)9-10-4-7(5-11)13-9/h2-4,11H,5H2,1H3. The zero-order valence-corrected chi connectivity index (χ0v) is 8.78. The van der Waals surface area contributed by atoms with Crippen LogP contribution in [0.2, 0.25) is 0 Å². The highest BCUT2D eigenvalue weighted by Crippen LogP contribution is 2.30. The molecule has 13 heavy (non-hydrogen) atoms. The lowest BCUT2D eigenvalue weighted by Crippen LogP contribution is -1.70. The molecule has 2 nitrogen and oxygen atoms in total. The molecule has 0 atom stereocenters. The third-order valence-corrected chi connectivity index (χ3v) is 3.81. The number of hydrogen-bond acceptors (Lipinski definition) is 4. The van der Waals surface area contributed by atoms with Gasteiger partial charge in [-0.25, -0.2) is 4.98 Å². The number of aliphatic hydroxyl groups is 1. The van der Waals surface area contributed by atoms with Crippen molar-refractivity contribution in [2.24, 2.45) is 0 Å². The van der Waals surface area contributed by atoms with Gasteiger partial charge in [0.2, 0.25) is 0 Å². The van der Waals surface area contributed by atoms with Gasteiger partial charge >= 0.3 is 0 Å². The second-order valence-corrected chi connectivity index (χ2v) is 5.10. The van der Waals surface area contributed by atoms with E-state index in [9.17, 15) is 0 Å². The third-order valence-electron chi connectivity index (χ3n) is 1.66. The van der Waals surface area contributed by atoms with Crippen LogP contribution in [0.25, 0.3) is 9.88 Å². The number of nitrogens with zero attached hydrogens (tertiary/aromatic N) is 1. The van der Waals surface area contributed by atoms with E-state index in [0.29, 0.717) is 0 Å². The first-order valence-electron chi connectivity index (χ1n) is 3.92. The lowest BCUT2D eigenvalue weighted by molar-refractivity contribution is 0.285. The molecule has 0 aliphatic rings. The van der Waals surface area contributed by atoms with Crippen molar-refractivity contribution in [1.29, 1.82) is 0 Å². The minimum Gasteiger partial charge on any atom is -0.391 e. The molecule has 68 valence electrons. The van der Waals surface area contributed by atoms with Crippen molar-refractivity contribution in [3.8, 4) is 9.88 Å². The third kappa shape index (κ3) is 1.80. The Kier molecular flexibility index (Phi) is 2.44. The van der Waals surface area contributed by atoms with Crippen LogP contribution in [-0.2, 0) is 6.61 Å². The Morgan fingerprint density at radius 1 is 1.38 bits per heavy atom. The minimum atomic E-state index is 0.0853. The maximum atomic E-state index is 8.88. The van der Waals surface area contributed by atoms with E-state index in [4.69, 9.17) is 5.11 Å². The SMILES string of the molecule is Cc1ccc(-c2ncc(CO)s2)s1. The fourth-order valence-corrected chi connectivity index (χ4v) is 2.75. The summed E-state index contributed by atoms with van der Waals surface area (Å²) in [7, 11) is 0. The molecule has 4 heteroatoms. The van der Waals surface area contributed by atoms with Crippen molar-refractivity contribution in [2.75, 3.05) is 0 Å². The molecule has 2 aromatic heterocycles. The van der Waals surface area contributed by atoms with E-state index in [2.05, 4.69) is 24.0 Å². The molecule has 0 saturated carbocycles. The summed E-state index contributed by atoms with van der Waals surface area (Å²) in [6.07, 6.45) is 1.73. The van der Waals surface area contributed by atoms with Gasteiger partial charge in [-0.3, -0.25) is 0 Å². The number of aliphatic hydroxyl groups excluding tert-OH is 1. The Hall–Kier alpha value is -0.710. The van der Waals surface area contributed by atoms with E-state index in [1.54, 1.807) is 28.9 Å². The highest BCUT2D eigenvalue weighted by molar-refractivity contribution is 7.21. The fraction of sp³-hybridized carbons (Fsp3) is 0.222. The van der Waals surface area contributed by atoms with Gasteiger partial charge in [-0.05, 0) is 19.1 Å². The molecule has 1 N–H and O–H groups in total. The highest BCUT2D eigenvalue weighted by Gasteiger charge is 2.05. The molecule has 0 spiro atoms. The van der Waals surface area contributed by atoms with Gasteiger partial charge in [0.25, 0.3) is 0 Å². The van der Waals surface area contributed by atoms with Gasteiger partial charge < -0.3 is 5.11 Å². The number of thiazole rings is 1. The Balaban J connectivity index is 2.35. The summed E-state index contributed by atoms with van der Waals surface area (Å²) in [6.45, 7) is 2.16. The van der Waals surface area contributed by atoms with Crippen LogP contribution in [0.5, 0.6) is 0 Å². The maximum absolute atomic E-state index is 8.88. The van der Waals surface area contributed by atoms with Crippen LogP contribution in [0.4, 0.5) is 0 Å². The highest BCUT2D eigenvalue weighted by atomic mass is 32.1. The van der Waals surface area contributed by atoms with E-state index in [-0.39, 0.29) is 6.61 Å². The van der Waals surface area contributed by atoms with E-state index >= 15 is 0 Å². The molecule has 0 aliphatic carbocycles. The van der Waals surface area contributed by atoms with Gasteiger partial charge in [0, 0.05) is 11.1 Å². The summed E-state index contributed by atoms with van der Waals surface area (Å²) < 4.78 is 0. The van der Waals surface area contributed by atoms with Crippen LogP contribution in [-0.4, -0.2) is 10.1 Å². The molecule has 0 unspecified atom stereocenters. The Morgan fingerprint density at radius 3 is 2.77 bits per heavy atom. The quantitative estimate of drug-likeness (QED) is 0.828. The molecule has 0 fully saturated rings. The molecule has 0 amide bonds. The van der Waals surface area contributed by atoms with Crippen LogP contribution in [0, 0.1) is 6.92 Å². The minimum absolute atomic E-state index is 0.0853. The fourth-order valence-electron chi connectivity index (χ4n) is 1.04. The summed E-state index contributed by atoms with van der Waals surface area (Å²) in [5.74, 6) is 0. The number of hydrogen-bond donors (Lipinski definition) is 1. The van der Waals surface area contributed by atoms with E-state index < -0.39 is 0 Å². The monoisotopic (exact) mass is 211 g/mol. The van der Waals surface area contributed by atoms with Gasteiger partial charge in [-0.15, -0.1) is 22.7 Å². The van der Waals surface area contributed by atoms with E-state index in [1.165, 1.54) is 9.75 Å². The first kappa shape index (κ1) is 8.87. The molecule has 2 rings (SSSR count). The molecule has 2 aromatic rings. The topological polar surface area (TPSA) is 33.1 Å². The molecule has 0 aliphatic heterocycles. The molecular weight excluding hydrogens is 202 g/mol. The van der Waals surface area contributed by atoms with Gasteiger partial charge in [-0.2, -0.15) is 0 Å². The van der Waals surface area contributed by atoms with Crippen LogP contribution in [0.1, 0.15) is 9.75 Å². The van der Waals surface area contributed by atoms with E-state index in [1.807, 2.05) is 0 Å². The molecular formula is C9H9NOS2. The smallest absolute Gasteiger partial charge is 0.133 e.